The van der Waals surface area contributed by atoms with Crippen molar-refractivity contribution >= 4 is 17.6 Å². The summed E-state index contributed by atoms with van der Waals surface area (Å²) in [6, 6.07) is 10.0. The summed E-state index contributed by atoms with van der Waals surface area (Å²) in [5.41, 5.74) is 1.03. The highest BCUT2D eigenvalue weighted by molar-refractivity contribution is 6.04. The number of carboxylic acids is 1. The van der Waals surface area contributed by atoms with Gasteiger partial charge in [0.15, 0.2) is 0 Å². The normalized spacial score (nSPS) is 10.1. The molecule has 20 heavy (non-hydrogen) atoms. The van der Waals surface area contributed by atoms with E-state index in [1.54, 1.807) is 13.0 Å². The van der Waals surface area contributed by atoms with Crippen molar-refractivity contribution in [1.29, 1.82) is 0 Å². The lowest BCUT2D eigenvalue weighted by atomic mass is 10.1. The van der Waals surface area contributed by atoms with Crippen molar-refractivity contribution in [2.45, 2.75) is 6.92 Å². The van der Waals surface area contributed by atoms with E-state index in [0.717, 1.165) is 0 Å². The van der Waals surface area contributed by atoms with Crippen molar-refractivity contribution in [3.05, 3.63) is 65.0 Å². The molecule has 0 saturated carbocycles. The molecule has 0 saturated heterocycles. The van der Waals surface area contributed by atoms with Gasteiger partial charge in [-0.3, -0.25) is 4.79 Å². The van der Waals surface area contributed by atoms with Gasteiger partial charge >= 0.3 is 5.97 Å². The van der Waals surface area contributed by atoms with Crippen LogP contribution in [0.15, 0.2) is 42.5 Å². The maximum Gasteiger partial charge on any atom is 0.335 e. The first-order chi connectivity index (χ1) is 9.49. The lowest BCUT2D eigenvalue weighted by Crippen LogP contribution is -2.14. The number of benzene rings is 2. The molecule has 0 atom stereocenters. The van der Waals surface area contributed by atoms with Crippen LogP contribution in [0.4, 0.5) is 10.1 Å². The molecule has 5 heteroatoms. The van der Waals surface area contributed by atoms with Crippen molar-refractivity contribution < 1.29 is 19.1 Å². The molecule has 0 aromatic heterocycles. The third-order valence-electron chi connectivity index (χ3n) is 2.83. The zero-order chi connectivity index (χ0) is 14.7. The van der Waals surface area contributed by atoms with E-state index in [9.17, 15) is 14.0 Å². The molecule has 0 aliphatic rings. The van der Waals surface area contributed by atoms with Crippen LogP contribution in [0.2, 0.25) is 0 Å². The second kappa shape index (κ2) is 5.52. The van der Waals surface area contributed by atoms with Gasteiger partial charge in [0, 0.05) is 5.69 Å². The number of halogens is 1. The molecule has 0 heterocycles. The van der Waals surface area contributed by atoms with Gasteiger partial charge < -0.3 is 10.4 Å². The number of rotatable bonds is 3. The van der Waals surface area contributed by atoms with Crippen LogP contribution in [0.25, 0.3) is 0 Å². The van der Waals surface area contributed by atoms with E-state index >= 15 is 0 Å². The van der Waals surface area contributed by atoms with Crippen LogP contribution in [-0.4, -0.2) is 17.0 Å². The molecular weight excluding hydrogens is 261 g/mol. The fraction of sp³-hybridized carbons (Fsp3) is 0.0667. The van der Waals surface area contributed by atoms with Gasteiger partial charge in [-0.15, -0.1) is 0 Å². The summed E-state index contributed by atoms with van der Waals surface area (Å²) in [5, 5.41) is 11.5. The third-order valence-corrected chi connectivity index (χ3v) is 2.83. The molecule has 2 aromatic rings. The van der Waals surface area contributed by atoms with Gasteiger partial charge in [-0.1, -0.05) is 12.1 Å². The van der Waals surface area contributed by atoms with Crippen LogP contribution in [0.3, 0.4) is 0 Å². The molecule has 0 unspecified atom stereocenters. The third kappa shape index (κ3) is 2.83. The number of nitrogens with one attached hydrogen (secondary N) is 1. The van der Waals surface area contributed by atoms with E-state index in [-0.39, 0.29) is 11.1 Å². The van der Waals surface area contributed by atoms with Gasteiger partial charge in [0.25, 0.3) is 5.91 Å². The fourth-order valence-electron chi connectivity index (χ4n) is 1.83. The van der Waals surface area contributed by atoms with Crippen LogP contribution < -0.4 is 5.32 Å². The topological polar surface area (TPSA) is 66.4 Å². The SMILES string of the molecule is Cc1cc(NC(=O)c2ccccc2F)ccc1C(=O)O. The molecular formula is C15H12FNO3. The lowest BCUT2D eigenvalue weighted by molar-refractivity contribution is 0.0696. The number of carbonyl (C=O) groups excluding carboxylic acids is 1. The predicted molar refractivity (Wildman–Crippen MR) is 72.5 cm³/mol. The van der Waals surface area contributed by atoms with Crippen molar-refractivity contribution in [3.63, 3.8) is 0 Å². The second-order valence-corrected chi connectivity index (χ2v) is 4.27. The summed E-state index contributed by atoms with van der Waals surface area (Å²) < 4.78 is 13.5. The Bertz CT molecular complexity index is 683. The highest BCUT2D eigenvalue weighted by atomic mass is 19.1. The molecule has 102 valence electrons. The lowest BCUT2D eigenvalue weighted by Gasteiger charge is -2.08. The maximum atomic E-state index is 13.5. The number of aryl methyl sites for hydroxylation is 1. The van der Waals surface area contributed by atoms with E-state index in [2.05, 4.69) is 5.32 Å². The molecule has 0 aliphatic carbocycles. The fourth-order valence-corrected chi connectivity index (χ4v) is 1.83. The smallest absolute Gasteiger partial charge is 0.335 e. The highest BCUT2D eigenvalue weighted by Gasteiger charge is 2.12. The summed E-state index contributed by atoms with van der Waals surface area (Å²) in [5.74, 6) is -2.22. The van der Waals surface area contributed by atoms with Crippen molar-refractivity contribution in [3.8, 4) is 0 Å². The van der Waals surface area contributed by atoms with Crippen LogP contribution >= 0.6 is 0 Å². The summed E-state index contributed by atoms with van der Waals surface area (Å²) in [7, 11) is 0. The number of carboxylic acid groups (broad SMARTS) is 1. The van der Waals surface area contributed by atoms with E-state index in [0.29, 0.717) is 11.3 Å². The first-order valence-corrected chi connectivity index (χ1v) is 5.89. The Morgan fingerprint density at radius 1 is 1.10 bits per heavy atom. The quantitative estimate of drug-likeness (QED) is 0.903. The highest BCUT2D eigenvalue weighted by Crippen LogP contribution is 2.17. The van der Waals surface area contributed by atoms with Crippen LogP contribution in [0.5, 0.6) is 0 Å². The molecule has 0 aliphatic heterocycles. The molecule has 1 amide bonds. The zero-order valence-electron chi connectivity index (χ0n) is 10.7. The molecule has 0 spiro atoms. The van der Waals surface area contributed by atoms with Gasteiger partial charge in [0.05, 0.1) is 11.1 Å². The minimum Gasteiger partial charge on any atom is -0.478 e. The first-order valence-electron chi connectivity index (χ1n) is 5.89. The Labute approximate surface area is 114 Å². The number of aromatic carboxylic acids is 1. The van der Waals surface area contributed by atoms with Gasteiger partial charge in [0.1, 0.15) is 5.82 Å². The standard InChI is InChI=1S/C15H12FNO3/c1-9-8-10(6-7-11(9)15(19)20)17-14(18)12-4-2-3-5-13(12)16/h2-8H,1H3,(H,17,18)(H,19,20). The minimum absolute atomic E-state index is 0.0625. The molecule has 2 aromatic carbocycles. The van der Waals surface area contributed by atoms with Gasteiger partial charge in [-0.25, -0.2) is 9.18 Å². The van der Waals surface area contributed by atoms with Crippen LogP contribution in [0.1, 0.15) is 26.3 Å². The average molecular weight is 273 g/mol. The molecule has 2 rings (SSSR count). The molecule has 4 nitrogen and oxygen atoms in total. The average Bonchev–Trinajstić information content (AvgIpc) is 2.38. The Balaban J connectivity index is 2.23. The Hall–Kier alpha value is -2.69. The van der Waals surface area contributed by atoms with Gasteiger partial charge in [0.2, 0.25) is 0 Å². The minimum atomic E-state index is -1.03. The van der Waals surface area contributed by atoms with E-state index < -0.39 is 17.7 Å². The molecule has 0 fully saturated rings. The van der Waals surface area contributed by atoms with E-state index in [4.69, 9.17) is 5.11 Å². The van der Waals surface area contributed by atoms with Crippen LogP contribution in [-0.2, 0) is 0 Å². The Morgan fingerprint density at radius 3 is 2.40 bits per heavy atom. The zero-order valence-corrected chi connectivity index (χ0v) is 10.7. The first kappa shape index (κ1) is 13.7. The summed E-state index contributed by atoms with van der Waals surface area (Å²) in [4.78, 5) is 22.8. The van der Waals surface area contributed by atoms with Crippen molar-refractivity contribution in [1.82, 2.24) is 0 Å². The number of carbonyl (C=O) groups is 2. The van der Waals surface area contributed by atoms with Gasteiger partial charge in [-0.05, 0) is 42.8 Å². The number of anilines is 1. The van der Waals surface area contributed by atoms with Crippen LogP contribution in [0, 0.1) is 12.7 Å². The number of amides is 1. The Kier molecular flexibility index (Phi) is 3.79. The molecule has 0 bridgehead atoms. The predicted octanol–water partition coefficient (Wildman–Crippen LogP) is 3.08. The summed E-state index contributed by atoms with van der Waals surface area (Å²) >= 11 is 0. The van der Waals surface area contributed by atoms with Crippen molar-refractivity contribution in [2.24, 2.45) is 0 Å². The van der Waals surface area contributed by atoms with E-state index in [1.165, 1.54) is 36.4 Å². The maximum absolute atomic E-state index is 13.5. The Morgan fingerprint density at radius 2 is 1.80 bits per heavy atom. The second-order valence-electron chi connectivity index (χ2n) is 4.27. The number of hydrogen-bond acceptors (Lipinski definition) is 2. The summed E-state index contributed by atoms with van der Waals surface area (Å²) in [6.07, 6.45) is 0. The molecule has 0 radical (unpaired) electrons. The van der Waals surface area contributed by atoms with E-state index in [1.807, 2.05) is 0 Å². The van der Waals surface area contributed by atoms with Crippen molar-refractivity contribution in [2.75, 3.05) is 5.32 Å². The summed E-state index contributed by atoms with van der Waals surface area (Å²) in [6.45, 7) is 1.63. The monoisotopic (exact) mass is 273 g/mol. The number of hydrogen-bond donors (Lipinski definition) is 2. The largest absolute Gasteiger partial charge is 0.478 e. The molecule has 2 N–H and O–H groups in total. The van der Waals surface area contributed by atoms with Gasteiger partial charge in [-0.2, -0.15) is 0 Å².